The number of rotatable bonds is 15. The summed E-state index contributed by atoms with van der Waals surface area (Å²) >= 11 is 0. The monoisotopic (exact) mass is 604 g/mol. The lowest BCUT2D eigenvalue weighted by Gasteiger charge is -2.39. The minimum Gasteiger partial charge on any atom is -0.481 e. The molecule has 1 aliphatic heterocycles. The van der Waals surface area contributed by atoms with Crippen LogP contribution >= 0.6 is 0 Å². The van der Waals surface area contributed by atoms with Gasteiger partial charge in [0.1, 0.15) is 0 Å². The van der Waals surface area contributed by atoms with Crippen molar-refractivity contribution in [2.24, 2.45) is 0 Å². The van der Waals surface area contributed by atoms with E-state index in [0.29, 0.717) is 44.3 Å². The van der Waals surface area contributed by atoms with E-state index < -0.39 is 18.4 Å². The number of aliphatic carboxylic acids is 1. The molecule has 0 saturated carbocycles. The first-order chi connectivity index (χ1) is 21.2. The number of carbonyl (C=O) groups is 2. The van der Waals surface area contributed by atoms with Crippen LogP contribution in [0.25, 0.3) is 0 Å². The third-order valence-electron chi connectivity index (χ3n) is 8.14. The van der Waals surface area contributed by atoms with Crippen molar-refractivity contribution in [1.82, 2.24) is 4.90 Å². The zero-order chi connectivity index (χ0) is 31.5. The summed E-state index contributed by atoms with van der Waals surface area (Å²) in [6.45, 7) is 2.53. The van der Waals surface area contributed by atoms with Crippen LogP contribution < -0.4 is 5.32 Å². The van der Waals surface area contributed by atoms with E-state index in [1.807, 2.05) is 92.8 Å². The molecule has 1 aliphatic rings. The van der Waals surface area contributed by atoms with Gasteiger partial charge in [-0.25, -0.2) is 0 Å². The molecule has 9 heteroatoms. The molecule has 0 bridgehead atoms. The van der Waals surface area contributed by atoms with Crippen LogP contribution in [-0.2, 0) is 25.7 Å². The van der Waals surface area contributed by atoms with Crippen molar-refractivity contribution in [3.8, 4) is 0 Å². The third-order valence-corrected chi connectivity index (χ3v) is 8.14. The molecule has 3 aromatic carbocycles. The van der Waals surface area contributed by atoms with Crippen molar-refractivity contribution in [2.45, 2.75) is 82.7 Å². The Kier molecular flexibility index (Phi) is 12.5. The van der Waals surface area contributed by atoms with Gasteiger partial charge in [-0.2, -0.15) is 0 Å². The van der Waals surface area contributed by atoms with Crippen LogP contribution in [0.4, 0.5) is 5.69 Å². The number of amides is 1. The van der Waals surface area contributed by atoms with Crippen LogP contribution in [0.1, 0.15) is 86.2 Å². The lowest BCUT2D eigenvalue weighted by molar-refractivity contribution is -0.253. The van der Waals surface area contributed by atoms with Crippen molar-refractivity contribution in [3.63, 3.8) is 0 Å². The van der Waals surface area contributed by atoms with Gasteiger partial charge in [0.25, 0.3) is 0 Å². The topological polar surface area (TPSA) is 129 Å². The number of benzene rings is 3. The number of aliphatic hydroxyl groups excluding tert-OH is 2. The molecule has 0 spiro atoms. The summed E-state index contributed by atoms with van der Waals surface area (Å²) in [5, 5.41) is 32.2. The molecule has 3 aromatic rings. The van der Waals surface area contributed by atoms with E-state index in [1.165, 1.54) is 0 Å². The summed E-state index contributed by atoms with van der Waals surface area (Å²) in [4.78, 5) is 25.3. The molecule has 1 saturated heterocycles. The number of hydrogen-bond donors (Lipinski definition) is 4. The van der Waals surface area contributed by atoms with Crippen LogP contribution in [0.15, 0.2) is 78.9 Å². The van der Waals surface area contributed by atoms with Crippen molar-refractivity contribution in [1.29, 1.82) is 0 Å². The molecule has 0 aromatic heterocycles. The van der Waals surface area contributed by atoms with Gasteiger partial charge in [-0.05, 0) is 55.6 Å². The first kappa shape index (κ1) is 33.3. The zero-order valence-corrected chi connectivity index (χ0v) is 25.5. The molecule has 5 atom stereocenters. The lowest BCUT2D eigenvalue weighted by Crippen LogP contribution is -2.43. The molecule has 0 unspecified atom stereocenters. The molecule has 1 heterocycles. The molecule has 0 radical (unpaired) electrons. The number of likely N-dealkylation sites (N-methyl/N-ethyl adjacent to an activating group) is 1. The van der Waals surface area contributed by atoms with Crippen molar-refractivity contribution >= 4 is 17.6 Å². The standard InChI is InChI=1S/C35H44N2O7/c1-24(34(42)27-10-5-3-6-11-27)37(2)22-30-21-31(26-18-16-25(23-38)17-19-26)44-35(43-30)28-12-9-13-29(20-28)36-32(39)14-7-4-8-15-33(40)41/h3,5-6,9-13,16-20,24,30-31,34-35,38,42H,4,7-8,14-15,21-23H2,1-2H3,(H,36,39)(H,40,41)/t24-,30+,31-,34-,35-/m0/s1. The average molecular weight is 605 g/mol. The van der Waals surface area contributed by atoms with Crippen LogP contribution in [0.5, 0.6) is 0 Å². The number of aliphatic hydroxyl groups is 2. The summed E-state index contributed by atoms with van der Waals surface area (Å²) in [6, 6.07) is 24.6. The molecular formula is C35H44N2O7. The van der Waals surface area contributed by atoms with Gasteiger partial charge in [-0.3, -0.25) is 14.5 Å². The minimum absolute atomic E-state index is 0.0343. The largest absolute Gasteiger partial charge is 0.481 e. The first-order valence-electron chi connectivity index (χ1n) is 15.3. The number of anilines is 1. The molecule has 44 heavy (non-hydrogen) atoms. The molecule has 4 rings (SSSR count). The normalized spacial score (nSPS) is 19.8. The Morgan fingerprint density at radius 3 is 2.36 bits per heavy atom. The van der Waals surface area contributed by atoms with Gasteiger partial charge in [0.15, 0.2) is 6.29 Å². The Hall–Kier alpha value is -3.60. The number of nitrogens with one attached hydrogen (secondary N) is 1. The van der Waals surface area contributed by atoms with Crippen molar-refractivity contribution in [2.75, 3.05) is 18.9 Å². The maximum absolute atomic E-state index is 12.5. The highest BCUT2D eigenvalue weighted by molar-refractivity contribution is 5.90. The van der Waals surface area contributed by atoms with E-state index in [4.69, 9.17) is 14.6 Å². The van der Waals surface area contributed by atoms with Gasteiger partial charge in [0.05, 0.1) is 24.9 Å². The fourth-order valence-corrected chi connectivity index (χ4v) is 5.42. The Labute approximate surface area is 259 Å². The van der Waals surface area contributed by atoms with Crippen LogP contribution in [0.3, 0.4) is 0 Å². The quantitative estimate of drug-likeness (QED) is 0.162. The van der Waals surface area contributed by atoms with Gasteiger partial charge in [0.2, 0.25) is 5.91 Å². The Bertz CT molecular complexity index is 1330. The second-order valence-corrected chi connectivity index (χ2v) is 11.5. The van der Waals surface area contributed by atoms with Gasteiger partial charge in [-0.15, -0.1) is 0 Å². The van der Waals surface area contributed by atoms with Crippen molar-refractivity contribution < 1.29 is 34.4 Å². The van der Waals surface area contributed by atoms with Gasteiger partial charge >= 0.3 is 5.97 Å². The first-order valence-corrected chi connectivity index (χ1v) is 15.3. The summed E-state index contributed by atoms with van der Waals surface area (Å²) in [6.07, 6.45) is 1.06. The highest BCUT2D eigenvalue weighted by Gasteiger charge is 2.34. The minimum atomic E-state index is -0.823. The van der Waals surface area contributed by atoms with E-state index in [9.17, 15) is 19.8 Å². The molecule has 9 nitrogen and oxygen atoms in total. The fraction of sp³-hybridized carbons (Fsp3) is 0.429. The second-order valence-electron chi connectivity index (χ2n) is 11.5. The molecule has 236 valence electrons. The van der Waals surface area contributed by atoms with Crippen LogP contribution in [-0.4, -0.2) is 57.8 Å². The number of carboxylic acid groups (broad SMARTS) is 1. The molecule has 4 N–H and O–H groups in total. The Balaban J connectivity index is 1.45. The highest BCUT2D eigenvalue weighted by Crippen LogP contribution is 2.39. The van der Waals surface area contributed by atoms with Gasteiger partial charge in [-0.1, -0.05) is 73.2 Å². The third kappa shape index (κ3) is 9.70. The summed E-state index contributed by atoms with van der Waals surface area (Å²) in [5.41, 5.74) is 4.06. The smallest absolute Gasteiger partial charge is 0.303 e. The fourth-order valence-electron chi connectivity index (χ4n) is 5.42. The second kappa shape index (κ2) is 16.5. The SMILES string of the molecule is C[C@@H]([C@H](O)c1ccccc1)N(C)C[C@H]1C[C@@H](c2ccc(CO)cc2)O[C@@H](c2cccc(NC(=O)CCCCCC(=O)O)c2)O1. The Morgan fingerprint density at radius 2 is 1.66 bits per heavy atom. The van der Waals surface area contributed by atoms with E-state index in [-0.39, 0.29) is 37.2 Å². The predicted molar refractivity (Wildman–Crippen MR) is 168 cm³/mol. The average Bonchev–Trinajstić information content (AvgIpc) is 3.04. The van der Waals surface area contributed by atoms with E-state index in [0.717, 1.165) is 22.3 Å². The van der Waals surface area contributed by atoms with E-state index >= 15 is 0 Å². The molecule has 1 fully saturated rings. The summed E-state index contributed by atoms with van der Waals surface area (Å²) in [5.74, 6) is -0.953. The predicted octanol–water partition coefficient (Wildman–Crippen LogP) is 5.75. The van der Waals surface area contributed by atoms with Gasteiger partial charge in [0, 0.05) is 43.1 Å². The number of hydrogen-bond acceptors (Lipinski definition) is 7. The summed E-state index contributed by atoms with van der Waals surface area (Å²) < 4.78 is 13.0. The molecule has 0 aliphatic carbocycles. The number of carbonyl (C=O) groups excluding carboxylic acids is 1. The number of nitrogens with zero attached hydrogens (tertiary/aromatic N) is 1. The maximum atomic E-state index is 12.5. The van der Waals surface area contributed by atoms with Crippen LogP contribution in [0, 0.1) is 0 Å². The number of ether oxygens (including phenoxy) is 2. The summed E-state index contributed by atoms with van der Waals surface area (Å²) in [7, 11) is 1.98. The highest BCUT2D eigenvalue weighted by atomic mass is 16.7. The van der Waals surface area contributed by atoms with Crippen LogP contribution in [0.2, 0.25) is 0 Å². The number of unbranched alkanes of at least 4 members (excludes halogenated alkanes) is 2. The Morgan fingerprint density at radius 1 is 0.932 bits per heavy atom. The zero-order valence-electron chi connectivity index (χ0n) is 25.5. The van der Waals surface area contributed by atoms with Crippen molar-refractivity contribution in [3.05, 3.63) is 101 Å². The molecular weight excluding hydrogens is 560 g/mol. The van der Waals surface area contributed by atoms with E-state index in [2.05, 4.69) is 10.2 Å². The van der Waals surface area contributed by atoms with E-state index in [1.54, 1.807) is 0 Å². The molecule has 1 amide bonds. The lowest BCUT2D eigenvalue weighted by atomic mass is 9.98. The van der Waals surface area contributed by atoms with Gasteiger partial charge < -0.3 is 30.1 Å². The number of carboxylic acids is 1. The maximum Gasteiger partial charge on any atom is 0.303 e.